The molecule has 0 amide bonds. The molecule has 2 nitrogen and oxygen atoms in total. The first kappa shape index (κ1) is 8.52. The summed E-state index contributed by atoms with van der Waals surface area (Å²) in [6.45, 7) is 6.67. The molecule has 0 spiro atoms. The van der Waals surface area contributed by atoms with E-state index in [9.17, 15) is 0 Å². The molecule has 12 heavy (non-hydrogen) atoms. The van der Waals surface area contributed by atoms with Crippen molar-refractivity contribution in [3.63, 3.8) is 0 Å². The molecule has 0 aromatic heterocycles. The van der Waals surface area contributed by atoms with Gasteiger partial charge in [-0.3, -0.25) is 0 Å². The molecule has 1 atom stereocenters. The van der Waals surface area contributed by atoms with Gasteiger partial charge in [0.2, 0.25) is 0 Å². The van der Waals surface area contributed by atoms with E-state index in [1.807, 2.05) is 0 Å². The second kappa shape index (κ2) is 2.46. The molecule has 0 bridgehead atoms. The van der Waals surface area contributed by atoms with Crippen LogP contribution in [0.2, 0.25) is 0 Å². The van der Waals surface area contributed by atoms with Crippen LogP contribution < -0.4 is 11.1 Å². The lowest BCUT2D eigenvalue weighted by Crippen LogP contribution is -2.32. The maximum absolute atomic E-state index is 5.70. The molecule has 0 heterocycles. The molecule has 2 rings (SSSR count). The summed E-state index contributed by atoms with van der Waals surface area (Å²) in [6.07, 6.45) is 4.01. The molecule has 0 radical (unpaired) electrons. The molecule has 3 N–H and O–H groups in total. The van der Waals surface area contributed by atoms with Crippen LogP contribution >= 0.6 is 0 Å². The third kappa shape index (κ3) is 1.50. The van der Waals surface area contributed by atoms with E-state index in [0.29, 0.717) is 10.8 Å². The van der Waals surface area contributed by atoms with Gasteiger partial charge in [-0.05, 0) is 36.6 Å². The smallest absolute Gasteiger partial charge is 0.0125 e. The quantitative estimate of drug-likeness (QED) is 0.660. The van der Waals surface area contributed by atoms with Crippen LogP contribution in [0, 0.1) is 10.8 Å². The molecule has 0 aliphatic heterocycles. The highest BCUT2D eigenvalue weighted by Gasteiger charge is 2.48. The van der Waals surface area contributed by atoms with Crippen molar-refractivity contribution in [2.24, 2.45) is 16.6 Å². The SMILES string of the molecule is CC1(C)CC1NCC1(CN)CC1. The summed E-state index contributed by atoms with van der Waals surface area (Å²) in [6, 6.07) is 0.765. The Morgan fingerprint density at radius 3 is 2.33 bits per heavy atom. The summed E-state index contributed by atoms with van der Waals surface area (Å²) in [4.78, 5) is 0. The van der Waals surface area contributed by atoms with Crippen LogP contribution in [0.15, 0.2) is 0 Å². The summed E-state index contributed by atoms with van der Waals surface area (Å²) in [5, 5.41) is 3.62. The van der Waals surface area contributed by atoms with E-state index in [1.54, 1.807) is 0 Å². The molecule has 0 saturated heterocycles. The first-order chi connectivity index (χ1) is 5.58. The highest BCUT2D eigenvalue weighted by atomic mass is 15.0. The lowest BCUT2D eigenvalue weighted by atomic mass is 10.1. The fraction of sp³-hybridized carbons (Fsp3) is 1.00. The van der Waals surface area contributed by atoms with Crippen LogP contribution in [-0.4, -0.2) is 19.1 Å². The Hall–Kier alpha value is -0.0800. The molecule has 2 heteroatoms. The van der Waals surface area contributed by atoms with Crippen molar-refractivity contribution in [2.75, 3.05) is 13.1 Å². The minimum atomic E-state index is 0.499. The molecule has 0 aromatic rings. The maximum atomic E-state index is 5.70. The fourth-order valence-electron chi connectivity index (χ4n) is 1.79. The summed E-state index contributed by atoms with van der Waals surface area (Å²) < 4.78 is 0. The normalized spacial score (nSPS) is 34.8. The van der Waals surface area contributed by atoms with Gasteiger partial charge in [0, 0.05) is 12.6 Å². The largest absolute Gasteiger partial charge is 0.330 e. The molecule has 2 fully saturated rings. The monoisotopic (exact) mass is 168 g/mol. The fourth-order valence-corrected chi connectivity index (χ4v) is 1.79. The van der Waals surface area contributed by atoms with Crippen molar-refractivity contribution in [3.8, 4) is 0 Å². The molecule has 2 aliphatic carbocycles. The minimum Gasteiger partial charge on any atom is -0.330 e. The Morgan fingerprint density at radius 1 is 1.42 bits per heavy atom. The van der Waals surface area contributed by atoms with Crippen LogP contribution in [-0.2, 0) is 0 Å². The number of rotatable bonds is 4. The van der Waals surface area contributed by atoms with Gasteiger partial charge in [-0.25, -0.2) is 0 Å². The van der Waals surface area contributed by atoms with E-state index in [2.05, 4.69) is 19.2 Å². The van der Waals surface area contributed by atoms with Crippen LogP contribution in [0.1, 0.15) is 33.1 Å². The first-order valence-electron chi connectivity index (χ1n) is 5.02. The molecule has 0 aromatic carbocycles. The summed E-state index contributed by atoms with van der Waals surface area (Å²) in [5.41, 5.74) is 6.76. The van der Waals surface area contributed by atoms with Crippen molar-refractivity contribution in [1.82, 2.24) is 5.32 Å². The second-order valence-corrected chi connectivity index (χ2v) is 5.33. The standard InChI is InChI=1S/C10H20N2/c1-9(2)5-8(9)12-7-10(6-11)3-4-10/h8,12H,3-7,11H2,1-2H3. The molecule has 2 saturated carbocycles. The van der Waals surface area contributed by atoms with Crippen molar-refractivity contribution in [3.05, 3.63) is 0 Å². The number of hydrogen-bond donors (Lipinski definition) is 2. The molecule has 1 unspecified atom stereocenters. The highest BCUT2D eigenvalue weighted by molar-refractivity contribution is 5.04. The van der Waals surface area contributed by atoms with Gasteiger partial charge in [0.15, 0.2) is 0 Å². The van der Waals surface area contributed by atoms with Crippen LogP contribution in [0.5, 0.6) is 0 Å². The van der Waals surface area contributed by atoms with Gasteiger partial charge >= 0.3 is 0 Å². The van der Waals surface area contributed by atoms with Gasteiger partial charge in [-0.15, -0.1) is 0 Å². The molecular formula is C10H20N2. The number of hydrogen-bond acceptors (Lipinski definition) is 2. The summed E-state index contributed by atoms with van der Waals surface area (Å²) >= 11 is 0. The van der Waals surface area contributed by atoms with E-state index in [4.69, 9.17) is 5.73 Å². The zero-order valence-corrected chi connectivity index (χ0v) is 8.19. The third-order valence-electron chi connectivity index (χ3n) is 3.63. The lowest BCUT2D eigenvalue weighted by molar-refractivity contribution is 0.440. The zero-order valence-electron chi connectivity index (χ0n) is 8.19. The van der Waals surface area contributed by atoms with E-state index in [-0.39, 0.29) is 0 Å². The van der Waals surface area contributed by atoms with E-state index >= 15 is 0 Å². The Morgan fingerprint density at radius 2 is 2.00 bits per heavy atom. The number of nitrogens with one attached hydrogen (secondary N) is 1. The van der Waals surface area contributed by atoms with Gasteiger partial charge in [-0.1, -0.05) is 13.8 Å². The Balaban J connectivity index is 1.70. The Labute approximate surface area is 74.9 Å². The molecule has 2 aliphatic rings. The van der Waals surface area contributed by atoms with E-state index in [0.717, 1.165) is 19.1 Å². The highest BCUT2D eigenvalue weighted by Crippen LogP contribution is 2.48. The van der Waals surface area contributed by atoms with Crippen molar-refractivity contribution < 1.29 is 0 Å². The number of nitrogens with two attached hydrogens (primary N) is 1. The van der Waals surface area contributed by atoms with Gasteiger partial charge in [-0.2, -0.15) is 0 Å². The summed E-state index contributed by atoms with van der Waals surface area (Å²) in [7, 11) is 0. The Bertz CT molecular complexity index is 182. The predicted molar refractivity (Wildman–Crippen MR) is 50.9 cm³/mol. The van der Waals surface area contributed by atoms with Crippen molar-refractivity contribution in [1.29, 1.82) is 0 Å². The average molecular weight is 168 g/mol. The first-order valence-corrected chi connectivity index (χ1v) is 5.02. The maximum Gasteiger partial charge on any atom is 0.0125 e. The molecule has 70 valence electrons. The van der Waals surface area contributed by atoms with E-state index in [1.165, 1.54) is 19.3 Å². The van der Waals surface area contributed by atoms with Crippen molar-refractivity contribution >= 4 is 0 Å². The van der Waals surface area contributed by atoms with Crippen LogP contribution in [0.25, 0.3) is 0 Å². The Kier molecular flexibility index (Phi) is 1.74. The van der Waals surface area contributed by atoms with Gasteiger partial charge in [0.25, 0.3) is 0 Å². The lowest BCUT2D eigenvalue weighted by Gasteiger charge is -2.14. The van der Waals surface area contributed by atoms with Crippen LogP contribution in [0.3, 0.4) is 0 Å². The second-order valence-electron chi connectivity index (χ2n) is 5.33. The molecular weight excluding hydrogens is 148 g/mol. The average Bonchev–Trinajstić information content (AvgIpc) is 2.86. The topological polar surface area (TPSA) is 38.0 Å². The van der Waals surface area contributed by atoms with E-state index < -0.39 is 0 Å². The third-order valence-corrected chi connectivity index (χ3v) is 3.63. The van der Waals surface area contributed by atoms with Gasteiger partial charge in [0.05, 0.1) is 0 Å². The van der Waals surface area contributed by atoms with Crippen molar-refractivity contribution in [2.45, 2.75) is 39.2 Å². The van der Waals surface area contributed by atoms with Crippen LogP contribution in [0.4, 0.5) is 0 Å². The summed E-state index contributed by atoms with van der Waals surface area (Å²) in [5.74, 6) is 0. The van der Waals surface area contributed by atoms with Gasteiger partial charge < -0.3 is 11.1 Å². The zero-order chi connectivity index (χ0) is 8.82. The van der Waals surface area contributed by atoms with Gasteiger partial charge in [0.1, 0.15) is 0 Å². The minimum absolute atomic E-state index is 0.499. The predicted octanol–water partition coefficient (Wildman–Crippen LogP) is 1.11.